The maximum absolute atomic E-state index is 11.4. The minimum atomic E-state index is -1.30. The number of aliphatic hydroxyl groups is 1. The lowest BCUT2D eigenvalue weighted by atomic mass is 9.77. The average molecular weight is 358 g/mol. The van der Waals surface area contributed by atoms with Crippen LogP contribution in [0, 0.1) is 5.92 Å². The van der Waals surface area contributed by atoms with E-state index in [4.69, 9.17) is 21.1 Å². The molecule has 1 unspecified atom stereocenters. The van der Waals surface area contributed by atoms with E-state index >= 15 is 0 Å². The second-order valence-corrected chi connectivity index (χ2v) is 6.48. The summed E-state index contributed by atoms with van der Waals surface area (Å²) in [7, 11) is 1.58. The van der Waals surface area contributed by atoms with Gasteiger partial charge in [0.1, 0.15) is 5.60 Å². The number of nitrogens with zero attached hydrogens (tertiary/aromatic N) is 1. The van der Waals surface area contributed by atoms with Crippen LogP contribution < -0.4 is 0 Å². The highest BCUT2D eigenvalue weighted by molar-refractivity contribution is 6.30. The first-order valence-electron chi connectivity index (χ1n) is 8.00. The van der Waals surface area contributed by atoms with Crippen molar-refractivity contribution in [3.8, 4) is 0 Å². The summed E-state index contributed by atoms with van der Waals surface area (Å²) < 4.78 is 10.6. The van der Waals surface area contributed by atoms with E-state index in [0.29, 0.717) is 36.8 Å². The largest absolute Gasteiger partial charge is 0.465 e. The van der Waals surface area contributed by atoms with Gasteiger partial charge in [0.25, 0.3) is 0 Å². The van der Waals surface area contributed by atoms with Gasteiger partial charge in [-0.2, -0.15) is 0 Å². The number of hydrogen-bond acceptors (Lipinski definition) is 4. The smallest absolute Gasteiger partial charge is 0.407 e. The summed E-state index contributed by atoms with van der Waals surface area (Å²) in [6, 6.07) is 7.02. The number of hydrogen-bond donors (Lipinski definition) is 2. The van der Waals surface area contributed by atoms with Crippen LogP contribution in [0.25, 0.3) is 0 Å². The molecule has 1 aliphatic heterocycles. The number of carbonyl (C=O) groups is 1. The molecule has 6 nitrogen and oxygen atoms in total. The van der Waals surface area contributed by atoms with Gasteiger partial charge in [-0.15, -0.1) is 0 Å². The molecule has 1 saturated heterocycles. The number of halogens is 1. The molecule has 0 radical (unpaired) electrons. The molecular formula is C17H24ClNO5. The number of piperidine rings is 1. The molecule has 134 valence electrons. The zero-order valence-electron chi connectivity index (χ0n) is 13.8. The zero-order valence-corrected chi connectivity index (χ0v) is 14.5. The topological polar surface area (TPSA) is 79.2 Å². The normalized spacial score (nSPS) is 20.6. The lowest BCUT2D eigenvalue weighted by Gasteiger charge is -2.41. The molecule has 0 saturated carbocycles. The summed E-state index contributed by atoms with van der Waals surface area (Å²) in [6.45, 7) is 1.61. The van der Waals surface area contributed by atoms with Gasteiger partial charge < -0.3 is 24.6 Å². The van der Waals surface area contributed by atoms with Gasteiger partial charge in [-0.05, 0) is 30.5 Å². The molecule has 0 bridgehead atoms. The number of rotatable bonds is 7. The van der Waals surface area contributed by atoms with Crippen LogP contribution in [-0.4, -0.2) is 61.2 Å². The Bertz CT molecular complexity index is 556. The third kappa shape index (κ3) is 4.60. The molecule has 1 aromatic carbocycles. The predicted molar refractivity (Wildman–Crippen MR) is 90.4 cm³/mol. The summed E-state index contributed by atoms with van der Waals surface area (Å²) in [5.41, 5.74) is -0.656. The summed E-state index contributed by atoms with van der Waals surface area (Å²) in [5.74, 6) is -0.261. The molecule has 2 atom stereocenters. The Kier molecular flexibility index (Phi) is 6.86. The predicted octanol–water partition coefficient (Wildman–Crippen LogP) is 2.58. The van der Waals surface area contributed by atoms with Crippen molar-refractivity contribution in [2.45, 2.75) is 18.4 Å². The van der Waals surface area contributed by atoms with Crippen LogP contribution in [0.5, 0.6) is 0 Å². The van der Waals surface area contributed by atoms with Crippen LogP contribution in [0.3, 0.4) is 0 Å². The highest BCUT2D eigenvalue weighted by atomic mass is 35.5. The molecule has 2 rings (SSSR count). The first kappa shape index (κ1) is 19.0. The molecule has 1 heterocycles. The summed E-state index contributed by atoms with van der Waals surface area (Å²) in [6.07, 6.45) is 0.465. The Hall–Kier alpha value is -1.34. The summed E-state index contributed by atoms with van der Waals surface area (Å²) in [5, 5.41) is 21.2. The molecule has 0 spiro atoms. The van der Waals surface area contributed by atoms with Crippen molar-refractivity contribution in [1.82, 2.24) is 4.90 Å². The van der Waals surface area contributed by atoms with Crippen LogP contribution in [-0.2, 0) is 15.1 Å². The van der Waals surface area contributed by atoms with E-state index in [1.54, 1.807) is 31.4 Å². The van der Waals surface area contributed by atoms with Crippen molar-refractivity contribution in [2.75, 3.05) is 40.0 Å². The SMILES string of the molecule is COCCOC[C@@](O)(c1cccc(Cl)c1)C1CCCN(C(=O)O)C1. The Morgan fingerprint density at radius 2 is 2.25 bits per heavy atom. The summed E-state index contributed by atoms with van der Waals surface area (Å²) in [4.78, 5) is 12.6. The zero-order chi connectivity index (χ0) is 17.6. The fourth-order valence-electron chi connectivity index (χ4n) is 3.11. The van der Waals surface area contributed by atoms with Gasteiger partial charge in [0.05, 0.1) is 19.8 Å². The third-order valence-corrected chi connectivity index (χ3v) is 4.68. The van der Waals surface area contributed by atoms with Crippen molar-refractivity contribution in [1.29, 1.82) is 0 Å². The Balaban J connectivity index is 2.22. The fraction of sp³-hybridized carbons (Fsp3) is 0.588. The summed E-state index contributed by atoms with van der Waals surface area (Å²) >= 11 is 6.08. The van der Waals surface area contributed by atoms with E-state index < -0.39 is 11.7 Å². The molecule has 1 amide bonds. The Labute approximate surface area is 146 Å². The van der Waals surface area contributed by atoms with Gasteiger partial charge in [0, 0.05) is 31.1 Å². The van der Waals surface area contributed by atoms with Gasteiger partial charge in [-0.3, -0.25) is 0 Å². The minimum Gasteiger partial charge on any atom is -0.465 e. The monoisotopic (exact) mass is 357 g/mol. The molecule has 7 heteroatoms. The van der Waals surface area contributed by atoms with E-state index in [2.05, 4.69) is 0 Å². The number of amides is 1. The van der Waals surface area contributed by atoms with Crippen LogP contribution in [0.2, 0.25) is 5.02 Å². The van der Waals surface area contributed by atoms with Crippen LogP contribution in [0.15, 0.2) is 24.3 Å². The molecule has 1 aromatic rings. The molecule has 1 fully saturated rings. The van der Waals surface area contributed by atoms with E-state index in [1.807, 2.05) is 0 Å². The fourth-order valence-corrected chi connectivity index (χ4v) is 3.30. The van der Waals surface area contributed by atoms with Crippen LogP contribution in [0.4, 0.5) is 4.79 Å². The Morgan fingerprint density at radius 3 is 2.92 bits per heavy atom. The first-order valence-corrected chi connectivity index (χ1v) is 8.38. The second-order valence-electron chi connectivity index (χ2n) is 6.05. The van der Waals surface area contributed by atoms with E-state index in [9.17, 15) is 15.0 Å². The van der Waals surface area contributed by atoms with E-state index in [-0.39, 0.29) is 19.1 Å². The van der Waals surface area contributed by atoms with Crippen molar-refractivity contribution in [3.05, 3.63) is 34.9 Å². The molecule has 1 aliphatic rings. The second kappa shape index (κ2) is 8.67. The van der Waals surface area contributed by atoms with Gasteiger partial charge in [-0.25, -0.2) is 4.79 Å². The third-order valence-electron chi connectivity index (χ3n) is 4.45. The van der Waals surface area contributed by atoms with Crippen molar-refractivity contribution >= 4 is 17.7 Å². The number of likely N-dealkylation sites (tertiary alicyclic amines) is 1. The van der Waals surface area contributed by atoms with Crippen molar-refractivity contribution < 1.29 is 24.5 Å². The molecule has 2 N–H and O–H groups in total. The standard InChI is InChI=1S/C17H24ClNO5/c1-23-8-9-24-12-17(22,13-4-2-6-15(18)10-13)14-5-3-7-19(11-14)16(20)21/h2,4,6,10,14,22H,3,5,7-9,11-12H2,1H3,(H,20,21)/t14?,17-/m1/s1. The Morgan fingerprint density at radius 1 is 1.46 bits per heavy atom. The lowest BCUT2D eigenvalue weighted by molar-refractivity contribution is -0.109. The average Bonchev–Trinajstić information content (AvgIpc) is 2.58. The molecular weight excluding hydrogens is 334 g/mol. The molecule has 0 aliphatic carbocycles. The maximum Gasteiger partial charge on any atom is 0.407 e. The lowest BCUT2D eigenvalue weighted by Crippen LogP contribution is -2.50. The number of methoxy groups -OCH3 is 1. The van der Waals surface area contributed by atoms with E-state index in [1.165, 1.54) is 4.90 Å². The van der Waals surface area contributed by atoms with E-state index in [0.717, 1.165) is 6.42 Å². The van der Waals surface area contributed by atoms with Gasteiger partial charge in [0.15, 0.2) is 0 Å². The number of benzene rings is 1. The van der Waals surface area contributed by atoms with Gasteiger partial charge >= 0.3 is 6.09 Å². The molecule has 24 heavy (non-hydrogen) atoms. The maximum atomic E-state index is 11.4. The van der Waals surface area contributed by atoms with Gasteiger partial charge in [-0.1, -0.05) is 23.7 Å². The van der Waals surface area contributed by atoms with Crippen molar-refractivity contribution in [2.24, 2.45) is 5.92 Å². The van der Waals surface area contributed by atoms with Crippen molar-refractivity contribution in [3.63, 3.8) is 0 Å². The first-order chi connectivity index (χ1) is 11.5. The number of carboxylic acid groups (broad SMARTS) is 1. The highest BCUT2D eigenvalue weighted by Gasteiger charge is 2.42. The quantitative estimate of drug-likeness (QED) is 0.733. The van der Waals surface area contributed by atoms with Crippen LogP contribution >= 0.6 is 11.6 Å². The number of ether oxygens (including phenoxy) is 2. The van der Waals surface area contributed by atoms with Gasteiger partial charge in [0.2, 0.25) is 0 Å². The highest BCUT2D eigenvalue weighted by Crippen LogP contribution is 2.37. The minimum absolute atomic E-state index is 0.0643. The molecule has 0 aromatic heterocycles. The van der Waals surface area contributed by atoms with Crippen LogP contribution in [0.1, 0.15) is 18.4 Å².